The van der Waals surface area contributed by atoms with Crippen molar-refractivity contribution in [3.8, 4) is 6.07 Å². The van der Waals surface area contributed by atoms with Gasteiger partial charge in [0, 0.05) is 25.3 Å². The van der Waals surface area contributed by atoms with Gasteiger partial charge in [0.25, 0.3) is 0 Å². The molecule has 0 spiro atoms. The molecule has 3 rings (SSSR count). The first-order valence-corrected chi connectivity index (χ1v) is 14.3. The number of H-pyrrole nitrogens is 1. The van der Waals surface area contributed by atoms with Crippen LogP contribution >= 0.6 is 0 Å². The number of nitriles is 1. The summed E-state index contributed by atoms with van der Waals surface area (Å²) in [4.78, 5) is 26.3. The van der Waals surface area contributed by atoms with Gasteiger partial charge in [0.2, 0.25) is 0 Å². The monoisotopic (exact) mass is 472 g/mol. The molecule has 1 amide bonds. The van der Waals surface area contributed by atoms with Crippen LogP contribution in [-0.4, -0.2) is 65.1 Å². The van der Waals surface area contributed by atoms with Crippen LogP contribution in [0.4, 0.5) is 10.6 Å². The molecular weight excluding hydrogens is 436 g/mol. The fourth-order valence-electron chi connectivity index (χ4n) is 3.67. The standard InChI is InChI=1S/C23H36N6O3Si/c1-22(2,3)31-21(30)29-12-16(9-17(13-29)32-33(7,8)23(4,5)6)28-20-18-15(10-24)11-25-19(18)26-14-27-20/h11,14,16-17H,9,12-13H2,1-8H3,(H2,25,26,27,28)/t16-,17+/m1/s1. The maximum atomic E-state index is 12.9. The van der Waals surface area contributed by atoms with E-state index in [-0.39, 0.29) is 23.3 Å². The van der Waals surface area contributed by atoms with Gasteiger partial charge in [-0.05, 0) is 45.3 Å². The number of nitrogens with one attached hydrogen (secondary N) is 2. The molecule has 1 saturated heterocycles. The molecule has 2 N–H and O–H groups in total. The molecule has 1 aliphatic heterocycles. The Morgan fingerprint density at radius 1 is 1.24 bits per heavy atom. The average Bonchev–Trinajstić information content (AvgIpc) is 3.09. The summed E-state index contributed by atoms with van der Waals surface area (Å²) in [6.45, 7) is 17.6. The van der Waals surface area contributed by atoms with Crippen molar-refractivity contribution in [1.82, 2.24) is 19.9 Å². The smallest absolute Gasteiger partial charge is 0.410 e. The second-order valence-corrected chi connectivity index (χ2v) is 16.0. The van der Waals surface area contributed by atoms with Crippen LogP contribution in [0.1, 0.15) is 53.5 Å². The van der Waals surface area contributed by atoms with Crippen LogP contribution in [0.3, 0.4) is 0 Å². The lowest BCUT2D eigenvalue weighted by Gasteiger charge is -2.44. The van der Waals surface area contributed by atoms with Crippen LogP contribution in [0.25, 0.3) is 11.0 Å². The highest BCUT2D eigenvalue weighted by atomic mass is 28.4. The minimum Gasteiger partial charge on any atom is -0.444 e. The van der Waals surface area contributed by atoms with E-state index < -0.39 is 13.9 Å². The van der Waals surface area contributed by atoms with Gasteiger partial charge in [0.05, 0.1) is 17.1 Å². The van der Waals surface area contributed by atoms with E-state index in [1.807, 2.05) is 20.8 Å². The Morgan fingerprint density at radius 3 is 2.55 bits per heavy atom. The first-order valence-electron chi connectivity index (χ1n) is 11.3. The third kappa shape index (κ3) is 5.84. The topological polar surface area (TPSA) is 116 Å². The average molecular weight is 473 g/mol. The van der Waals surface area contributed by atoms with Crippen LogP contribution in [0.15, 0.2) is 12.5 Å². The van der Waals surface area contributed by atoms with Gasteiger partial charge in [-0.2, -0.15) is 5.26 Å². The van der Waals surface area contributed by atoms with Crippen molar-refractivity contribution in [2.75, 3.05) is 18.4 Å². The Kier molecular flexibility index (Phi) is 6.78. The Hall–Kier alpha value is -2.64. The number of piperidine rings is 1. The summed E-state index contributed by atoms with van der Waals surface area (Å²) in [5, 5.41) is 13.6. The molecule has 10 heteroatoms. The number of hydrogen-bond donors (Lipinski definition) is 2. The van der Waals surface area contributed by atoms with E-state index in [1.165, 1.54) is 6.33 Å². The normalized spacial score (nSPS) is 19.9. The molecule has 33 heavy (non-hydrogen) atoms. The largest absolute Gasteiger partial charge is 0.444 e. The number of carbonyl (C=O) groups is 1. The lowest BCUT2D eigenvalue weighted by atomic mass is 10.0. The minimum absolute atomic E-state index is 0.0513. The number of likely N-dealkylation sites (tertiary alicyclic amines) is 1. The second-order valence-electron chi connectivity index (χ2n) is 11.2. The predicted molar refractivity (Wildman–Crippen MR) is 131 cm³/mol. The first kappa shape index (κ1) is 25.0. The molecule has 0 aromatic carbocycles. The maximum Gasteiger partial charge on any atom is 0.410 e. The highest BCUT2D eigenvalue weighted by Gasteiger charge is 2.42. The van der Waals surface area contributed by atoms with E-state index >= 15 is 0 Å². The van der Waals surface area contributed by atoms with Crippen molar-refractivity contribution >= 4 is 31.3 Å². The fraction of sp³-hybridized carbons (Fsp3) is 0.652. The summed E-state index contributed by atoms with van der Waals surface area (Å²) in [7, 11) is -2.05. The first-order chi connectivity index (χ1) is 15.2. The third-order valence-electron chi connectivity index (χ3n) is 6.26. The van der Waals surface area contributed by atoms with E-state index in [9.17, 15) is 10.1 Å². The highest BCUT2D eigenvalue weighted by molar-refractivity contribution is 6.74. The number of aromatic amines is 1. The Bertz CT molecular complexity index is 1050. The predicted octanol–water partition coefficient (Wildman–Crippen LogP) is 4.64. The van der Waals surface area contributed by atoms with Gasteiger partial charge in [-0.15, -0.1) is 0 Å². The number of ether oxygens (including phenoxy) is 1. The van der Waals surface area contributed by atoms with Crippen molar-refractivity contribution in [3.05, 3.63) is 18.1 Å². The zero-order chi connectivity index (χ0) is 24.6. The summed E-state index contributed by atoms with van der Waals surface area (Å²) in [5.41, 5.74) is 0.485. The maximum absolute atomic E-state index is 12.9. The molecule has 0 unspecified atom stereocenters. The molecule has 0 radical (unpaired) electrons. The SMILES string of the molecule is CC(C)(C)OC(=O)N1C[C@H](Nc2ncnc3[nH]cc(C#N)c23)C[C@H](O[Si](C)(C)C(C)(C)C)C1. The zero-order valence-electron chi connectivity index (χ0n) is 20.9. The Morgan fingerprint density at radius 2 is 1.94 bits per heavy atom. The van der Waals surface area contributed by atoms with Crippen molar-refractivity contribution < 1.29 is 14.0 Å². The highest BCUT2D eigenvalue weighted by Crippen LogP contribution is 2.38. The number of amides is 1. The summed E-state index contributed by atoms with van der Waals surface area (Å²) in [6.07, 6.45) is 3.31. The molecule has 0 aliphatic carbocycles. The van der Waals surface area contributed by atoms with Crippen LogP contribution in [0.5, 0.6) is 0 Å². The quantitative estimate of drug-likeness (QED) is 0.623. The summed E-state index contributed by atoms with van der Waals surface area (Å²) in [6, 6.07) is 2.06. The number of anilines is 1. The van der Waals surface area contributed by atoms with Crippen LogP contribution in [-0.2, 0) is 9.16 Å². The van der Waals surface area contributed by atoms with Gasteiger partial charge in [-0.3, -0.25) is 0 Å². The number of hydrogen-bond acceptors (Lipinski definition) is 7. The molecule has 2 aromatic rings. The molecule has 1 fully saturated rings. The van der Waals surface area contributed by atoms with Crippen molar-refractivity contribution in [3.63, 3.8) is 0 Å². The third-order valence-corrected chi connectivity index (χ3v) is 10.8. The Balaban J connectivity index is 1.88. The van der Waals surface area contributed by atoms with E-state index in [0.29, 0.717) is 41.9 Å². The number of rotatable bonds is 4. The molecule has 1 aliphatic rings. The van der Waals surface area contributed by atoms with E-state index in [4.69, 9.17) is 9.16 Å². The van der Waals surface area contributed by atoms with Crippen LogP contribution < -0.4 is 5.32 Å². The minimum atomic E-state index is -2.05. The van der Waals surface area contributed by atoms with Gasteiger partial charge < -0.3 is 24.4 Å². The molecule has 180 valence electrons. The van der Waals surface area contributed by atoms with Gasteiger partial charge >= 0.3 is 6.09 Å². The molecule has 3 heterocycles. The molecule has 0 saturated carbocycles. The summed E-state index contributed by atoms with van der Waals surface area (Å²) in [5.74, 6) is 0.569. The van der Waals surface area contributed by atoms with E-state index in [1.54, 1.807) is 11.1 Å². The molecule has 9 nitrogen and oxygen atoms in total. The van der Waals surface area contributed by atoms with Gasteiger partial charge in [-0.25, -0.2) is 14.8 Å². The lowest BCUT2D eigenvalue weighted by Crippen LogP contribution is -2.56. The van der Waals surface area contributed by atoms with E-state index in [0.717, 1.165) is 0 Å². The van der Waals surface area contributed by atoms with Gasteiger partial charge in [0.1, 0.15) is 29.5 Å². The fourth-order valence-corrected chi connectivity index (χ4v) is 5.02. The van der Waals surface area contributed by atoms with E-state index in [2.05, 4.69) is 60.2 Å². The number of fused-ring (bicyclic) bond motifs is 1. The number of nitrogens with zero attached hydrogens (tertiary/aromatic N) is 4. The van der Waals surface area contributed by atoms with Crippen molar-refractivity contribution in [1.29, 1.82) is 5.26 Å². The molecule has 2 aromatic heterocycles. The molecule has 0 bridgehead atoms. The lowest BCUT2D eigenvalue weighted by molar-refractivity contribution is 0.00391. The number of aromatic nitrogens is 3. The summed E-state index contributed by atoms with van der Waals surface area (Å²) < 4.78 is 12.4. The van der Waals surface area contributed by atoms with Crippen molar-refractivity contribution in [2.45, 2.75) is 83.8 Å². The van der Waals surface area contributed by atoms with Crippen LogP contribution in [0.2, 0.25) is 18.1 Å². The van der Waals surface area contributed by atoms with Crippen LogP contribution in [0, 0.1) is 11.3 Å². The van der Waals surface area contributed by atoms with Gasteiger partial charge in [0.15, 0.2) is 8.32 Å². The molecular formula is C23H36N6O3Si. The van der Waals surface area contributed by atoms with Gasteiger partial charge in [-0.1, -0.05) is 20.8 Å². The Labute approximate surface area is 197 Å². The zero-order valence-corrected chi connectivity index (χ0v) is 21.9. The van der Waals surface area contributed by atoms with Crippen molar-refractivity contribution in [2.24, 2.45) is 0 Å². The number of carbonyl (C=O) groups excluding carboxylic acids is 1. The molecule has 2 atom stereocenters. The second kappa shape index (κ2) is 8.95. The summed E-state index contributed by atoms with van der Waals surface area (Å²) >= 11 is 0.